The monoisotopic (exact) mass is 238 g/mol. The van der Waals surface area contributed by atoms with Crippen LogP contribution >= 0.6 is 11.8 Å². The van der Waals surface area contributed by atoms with Crippen molar-refractivity contribution in [1.29, 1.82) is 0 Å². The van der Waals surface area contributed by atoms with Crippen LogP contribution in [-0.4, -0.2) is 60.4 Å². The normalized spacial score (nSPS) is 17.4. The van der Waals surface area contributed by atoms with Gasteiger partial charge in [-0.05, 0) is 6.92 Å². The molecule has 5 heteroatoms. The molecule has 3 unspecified atom stereocenters. The molecule has 0 amide bonds. The molecule has 3 atom stereocenters. The van der Waals surface area contributed by atoms with E-state index in [0.717, 1.165) is 0 Å². The minimum absolute atomic E-state index is 0.00455. The molecule has 0 rings (SSSR count). The second kappa shape index (κ2) is 9.42. The Morgan fingerprint density at radius 2 is 1.93 bits per heavy atom. The van der Waals surface area contributed by atoms with Crippen LogP contribution in [0.5, 0.6) is 0 Å². The Balaban J connectivity index is 3.44. The van der Waals surface area contributed by atoms with E-state index in [-0.39, 0.29) is 18.0 Å². The quantitative estimate of drug-likeness (QED) is 0.613. The molecule has 92 valence electrons. The van der Waals surface area contributed by atoms with Gasteiger partial charge in [-0.2, -0.15) is 11.8 Å². The minimum atomic E-state index is -0.483. The lowest BCUT2D eigenvalue weighted by Gasteiger charge is -2.16. The first-order valence-electron chi connectivity index (χ1n) is 5.11. The van der Waals surface area contributed by atoms with Crippen LogP contribution in [0.4, 0.5) is 0 Å². The van der Waals surface area contributed by atoms with Gasteiger partial charge in [-0.25, -0.2) is 0 Å². The van der Waals surface area contributed by atoms with Crippen molar-refractivity contribution in [3.63, 3.8) is 0 Å². The van der Waals surface area contributed by atoms with E-state index in [0.29, 0.717) is 19.0 Å². The largest absolute Gasteiger partial charge is 0.395 e. The van der Waals surface area contributed by atoms with Crippen molar-refractivity contribution in [3.8, 4) is 0 Å². The van der Waals surface area contributed by atoms with Crippen LogP contribution in [0.2, 0.25) is 0 Å². The number of hydrogen-bond acceptors (Lipinski definition) is 5. The van der Waals surface area contributed by atoms with E-state index in [1.54, 1.807) is 7.11 Å². The van der Waals surface area contributed by atoms with Gasteiger partial charge in [0.2, 0.25) is 0 Å². The molecule has 0 aromatic carbocycles. The van der Waals surface area contributed by atoms with Crippen LogP contribution < -0.4 is 0 Å². The summed E-state index contributed by atoms with van der Waals surface area (Å²) in [5, 5.41) is 18.5. The average molecular weight is 238 g/mol. The van der Waals surface area contributed by atoms with Gasteiger partial charge in [-0.1, -0.05) is 6.92 Å². The summed E-state index contributed by atoms with van der Waals surface area (Å²) in [5.41, 5.74) is 0. The first kappa shape index (κ1) is 15.2. The van der Waals surface area contributed by atoms with Crippen molar-refractivity contribution in [2.45, 2.75) is 31.3 Å². The maximum Gasteiger partial charge on any atom is 0.0864 e. The highest BCUT2D eigenvalue weighted by atomic mass is 32.2. The van der Waals surface area contributed by atoms with E-state index >= 15 is 0 Å². The molecule has 4 nitrogen and oxygen atoms in total. The first-order valence-corrected chi connectivity index (χ1v) is 6.16. The van der Waals surface area contributed by atoms with E-state index in [4.69, 9.17) is 14.6 Å². The van der Waals surface area contributed by atoms with Crippen LogP contribution in [0.15, 0.2) is 0 Å². The number of aliphatic hydroxyl groups excluding tert-OH is 2. The smallest absolute Gasteiger partial charge is 0.0864 e. The zero-order chi connectivity index (χ0) is 11.7. The Morgan fingerprint density at radius 1 is 1.27 bits per heavy atom. The van der Waals surface area contributed by atoms with Crippen molar-refractivity contribution in [1.82, 2.24) is 0 Å². The van der Waals surface area contributed by atoms with Crippen molar-refractivity contribution >= 4 is 11.8 Å². The molecule has 0 aromatic rings. The predicted molar refractivity (Wildman–Crippen MR) is 62.3 cm³/mol. The van der Waals surface area contributed by atoms with E-state index in [1.165, 1.54) is 11.8 Å². The second-order valence-corrected chi connectivity index (χ2v) is 5.05. The Hall–Kier alpha value is 0.190. The highest BCUT2D eigenvalue weighted by Crippen LogP contribution is 2.11. The van der Waals surface area contributed by atoms with Gasteiger partial charge < -0.3 is 19.7 Å². The van der Waals surface area contributed by atoms with E-state index < -0.39 is 6.10 Å². The van der Waals surface area contributed by atoms with E-state index in [1.807, 2.05) is 13.8 Å². The average Bonchev–Trinajstić information content (AvgIpc) is 2.23. The second-order valence-electron chi connectivity index (χ2n) is 3.58. The van der Waals surface area contributed by atoms with Crippen molar-refractivity contribution < 1.29 is 19.7 Å². The van der Waals surface area contributed by atoms with Crippen LogP contribution in [-0.2, 0) is 9.47 Å². The zero-order valence-electron chi connectivity index (χ0n) is 9.68. The van der Waals surface area contributed by atoms with Gasteiger partial charge in [0, 0.05) is 18.1 Å². The molecular formula is C10H22O4S. The van der Waals surface area contributed by atoms with Crippen molar-refractivity contribution in [3.05, 3.63) is 0 Å². The molecule has 0 fully saturated rings. The van der Waals surface area contributed by atoms with Gasteiger partial charge in [0.25, 0.3) is 0 Å². The van der Waals surface area contributed by atoms with Crippen LogP contribution in [0.1, 0.15) is 13.8 Å². The predicted octanol–water partition coefficient (Wildman–Crippen LogP) is 0.513. The Morgan fingerprint density at radius 3 is 2.47 bits per heavy atom. The lowest BCUT2D eigenvalue weighted by atomic mass is 10.4. The molecule has 0 heterocycles. The third kappa shape index (κ3) is 9.14. The standard InChI is InChI=1S/C10H22O4S/c1-8(5-13-3)14-6-10(12)7-15-9(2)4-11/h8-12H,4-7H2,1-3H3. The zero-order valence-corrected chi connectivity index (χ0v) is 10.5. The molecule has 0 aliphatic heterocycles. The molecule has 0 spiro atoms. The first-order chi connectivity index (χ1) is 7.10. The lowest BCUT2D eigenvalue weighted by Crippen LogP contribution is -2.25. The fourth-order valence-electron chi connectivity index (χ4n) is 0.934. The van der Waals surface area contributed by atoms with Crippen molar-refractivity contribution in [2.75, 3.05) is 32.7 Å². The van der Waals surface area contributed by atoms with Crippen LogP contribution in [0.25, 0.3) is 0 Å². The van der Waals surface area contributed by atoms with Gasteiger partial charge in [-0.3, -0.25) is 0 Å². The Bertz CT molecular complexity index is 145. The number of aliphatic hydroxyl groups is 2. The summed E-state index contributed by atoms with van der Waals surface area (Å²) in [5.74, 6) is 0.585. The SMILES string of the molecule is COCC(C)OCC(O)CSC(C)CO. The number of thioether (sulfide) groups is 1. The lowest BCUT2D eigenvalue weighted by molar-refractivity contribution is -0.0257. The molecule has 2 N–H and O–H groups in total. The molecule has 0 bridgehead atoms. The van der Waals surface area contributed by atoms with Gasteiger partial charge >= 0.3 is 0 Å². The number of ether oxygens (including phenoxy) is 2. The molecule has 0 aromatic heterocycles. The molecule has 0 aliphatic carbocycles. The summed E-state index contributed by atoms with van der Waals surface area (Å²) in [6.07, 6.45) is -0.478. The molecule has 0 saturated carbocycles. The summed E-state index contributed by atoms with van der Waals surface area (Å²) in [4.78, 5) is 0. The topological polar surface area (TPSA) is 58.9 Å². The summed E-state index contributed by atoms with van der Waals surface area (Å²) in [6.45, 7) is 4.81. The van der Waals surface area contributed by atoms with E-state index in [2.05, 4.69) is 0 Å². The number of rotatable bonds is 9. The van der Waals surface area contributed by atoms with E-state index in [9.17, 15) is 5.11 Å². The molecule has 0 saturated heterocycles. The Kier molecular flexibility index (Phi) is 9.54. The maximum atomic E-state index is 9.54. The number of hydrogen-bond donors (Lipinski definition) is 2. The fraction of sp³-hybridized carbons (Fsp3) is 1.00. The summed E-state index contributed by atoms with van der Waals surface area (Å²) >= 11 is 1.54. The van der Waals surface area contributed by atoms with Gasteiger partial charge in [0.15, 0.2) is 0 Å². The van der Waals surface area contributed by atoms with Crippen LogP contribution in [0.3, 0.4) is 0 Å². The van der Waals surface area contributed by atoms with Gasteiger partial charge in [-0.15, -0.1) is 0 Å². The molecule has 0 radical (unpaired) electrons. The Labute approximate surface area is 96.0 Å². The molecule has 15 heavy (non-hydrogen) atoms. The minimum Gasteiger partial charge on any atom is -0.395 e. The number of methoxy groups -OCH3 is 1. The van der Waals surface area contributed by atoms with Crippen molar-refractivity contribution in [2.24, 2.45) is 0 Å². The van der Waals surface area contributed by atoms with Crippen LogP contribution in [0, 0.1) is 0 Å². The third-order valence-electron chi connectivity index (χ3n) is 1.80. The summed E-state index contributed by atoms with van der Waals surface area (Å²) in [7, 11) is 1.62. The molecular weight excluding hydrogens is 216 g/mol. The highest BCUT2D eigenvalue weighted by Gasteiger charge is 2.10. The van der Waals surface area contributed by atoms with Gasteiger partial charge in [0.05, 0.1) is 32.0 Å². The molecule has 0 aliphatic rings. The maximum absolute atomic E-state index is 9.54. The van der Waals surface area contributed by atoms with Gasteiger partial charge in [0.1, 0.15) is 0 Å². The third-order valence-corrected chi connectivity index (χ3v) is 3.10. The summed E-state index contributed by atoms with van der Waals surface area (Å²) < 4.78 is 10.3. The fourth-order valence-corrected chi connectivity index (χ4v) is 1.69. The summed E-state index contributed by atoms with van der Waals surface area (Å²) in [6, 6.07) is 0. The highest BCUT2D eigenvalue weighted by molar-refractivity contribution is 7.99.